The second-order valence-corrected chi connectivity index (χ2v) is 4.67. The van der Waals surface area contributed by atoms with Crippen LogP contribution < -0.4 is 0 Å². The maximum absolute atomic E-state index is 11.6. The van der Waals surface area contributed by atoms with Gasteiger partial charge in [-0.3, -0.25) is 9.69 Å². The lowest BCUT2D eigenvalue weighted by molar-refractivity contribution is -0.146. The zero-order valence-electron chi connectivity index (χ0n) is 9.42. The molecule has 0 radical (unpaired) electrons. The lowest BCUT2D eigenvalue weighted by atomic mass is 9.84. The van der Waals surface area contributed by atoms with E-state index in [2.05, 4.69) is 11.8 Å². The Balaban J connectivity index is 2.67. The number of aliphatic hydroxyl groups is 1. The van der Waals surface area contributed by atoms with Gasteiger partial charge in [-0.15, -0.1) is 0 Å². The van der Waals surface area contributed by atoms with Crippen LogP contribution >= 0.6 is 0 Å². The lowest BCUT2D eigenvalue weighted by Crippen LogP contribution is -2.55. The minimum absolute atomic E-state index is 0.0240. The monoisotopic (exact) mass is 199 g/mol. The van der Waals surface area contributed by atoms with Crippen molar-refractivity contribution < 1.29 is 9.90 Å². The molecule has 0 aliphatic carbocycles. The molecule has 3 nitrogen and oxygen atoms in total. The van der Waals surface area contributed by atoms with Crippen LogP contribution in [0, 0.1) is 5.92 Å². The fraction of sp³-hybridized carbons (Fsp3) is 0.909. The molecule has 1 N–H and O–H groups in total. The molecular weight excluding hydrogens is 178 g/mol. The summed E-state index contributed by atoms with van der Waals surface area (Å²) in [5, 5.41) is 10.2. The molecule has 1 rings (SSSR count). The Kier molecular flexibility index (Phi) is 3.67. The van der Waals surface area contributed by atoms with Gasteiger partial charge in [0.2, 0.25) is 0 Å². The molecule has 0 aromatic carbocycles. The molecule has 3 heteroatoms. The van der Waals surface area contributed by atoms with E-state index < -0.39 is 5.60 Å². The van der Waals surface area contributed by atoms with Crippen LogP contribution in [-0.4, -0.2) is 41.0 Å². The van der Waals surface area contributed by atoms with Gasteiger partial charge in [-0.25, -0.2) is 0 Å². The molecule has 0 aromatic heterocycles. The molecule has 82 valence electrons. The van der Waals surface area contributed by atoms with Crippen LogP contribution in [0.4, 0.5) is 0 Å². The summed E-state index contributed by atoms with van der Waals surface area (Å²) in [6, 6.07) is 0. The van der Waals surface area contributed by atoms with Crippen LogP contribution in [0.1, 0.15) is 33.6 Å². The van der Waals surface area contributed by atoms with Gasteiger partial charge in [0.15, 0.2) is 5.78 Å². The maximum Gasteiger partial charge on any atom is 0.166 e. The van der Waals surface area contributed by atoms with Crippen molar-refractivity contribution in [2.45, 2.75) is 39.2 Å². The van der Waals surface area contributed by atoms with Gasteiger partial charge in [0.1, 0.15) is 5.60 Å². The van der Waals surface area contributed by atoms with Crippen molar-refractivity contribution in [2.75, 3.05) is 19.6 Å². The Bertz CT molecular complexity index is 215. The average molecular weight is 199 g/mol. The number of hydrogen-bond acceptors (Lipinski definition) is 3. The highest BCUT2D eigenvalue weighted by molar-refractivity contribution is 5.88. The number of piperidine rings is 1. The van der Waals surface area contributed by atoms with Crippen molar-refractivity contribution in [3.05, 3.63) is 0 Å². The van der Waals surface area contributed by atoms with Crippen molar-refractivity contribution in [2.24, 2.45) is 5.92 Å². The van der Waals surface area contributed by atoms with Gasteiger partial charge in [0.05, 0.1) is 0 Å². The predicted octanol–water partition coefficient (Wildman–Crippen LogP) is 1.06. The van der Waals surface area contributed by atoms with Crippen LogP contribution in [0.25, 0.3) is 0 Å². The lowest BCUT2D eigenvalue weighted by Gasteiger charge is -2.38. The van der Waals surface area contributed by atoms with Gasteiger partial charge >= 0.3 is 0 Å². The van der Waals surface area contributed by atoms with Crippen LogP contribution in [0.15, 0.2) is 0 Å². The molecular formula is C11H21NO2. The number of likely N-dealkylation sites (N-methyl/N-ethyl adjacent to an activating group) is 1. The summed E-state index contributed by atoms with van der Waals surface area (Å²) in [5.74, 6) is 0.386. The van der Waals surface area contributed by atoms with E-state index in [1.807, 2.05) is 13.8 Å². The first-order chi connectivity index (χ1) is 6.48. The van der Waals surface area contributed by atoms with E-state index >= 15 is 0 Å². The fourth-order valence-corrected chi connectivity index (χ4v) is 2.15. The number of carbonyl (C=O) groups is 1. The van der Waals surface area contributed by atoms with Crippen molar-refractivity contribution in [3.8, 4) is 0 Å². The number of carbonyl (C=O) groups excluding carboxylic acids is 1. The molecule has 1 saturated heterocycles. The highest BCUT2D eigenvalue weighted by Crippen LogP contribution is 2.24. The molecule has 14 heavy (non-hydrogen) atoms. The molecule has 1 aliphatic rings. The Morgan fingerprint density at radius 1 is 1.57 bits per heavy atom. The van der Waals surface area contributed by atoms with Gasteiger partial charge in [-0.05, 0) is 18.9 Å². The number of rotatable bonds is 3. The SMILES string of the molecule is CCN1CCC(=O)C(O)(CC(C)C)C1. The van der Waals surface area contributed by atoms with Gasteiger partial charge in [-0.1, -0.05) is 20.8 Å². The third kappa shape index (κ3) is 2.55. The number of hydrogen-bond donors (Lipinski definition) is 1. The fourth-order valence-electron chi connectivity index (χ4n) is 2.15. The smallest absolute Gasteiger partial charge is 0.166 e. The van der Waals surface area contributed by atoms with Crippen LogP contribution in [0.2, 0.25) is 0 Å². The van der Waals surface area contributed by atoms with E-state index in [0.29, 0.717) is 25.3 Å². The van der Waals surface area contributed by atoms with Crippen LogP contribution in [0.5, 0.6) is 0 Å². The maximum atomic E-state index is 11.6. The average Bonchev–Trinajstić information content (AvgIpc) is 2.08. The Morgan fingerprint density at radius 3 is 2.71 bits per heavy atom. The second kappa shape index (κ2) is 4.41. The molecule has 0 aromatic rings. The first kappa shape index (κ1) is 11.7. The first-order valence-corrected chi connectivity index (χ1v) is 5.46. The van der Waals surface area contributed by atoms with E-state index in [9.17, 15) is 9.90 Å². The Labute approximate surface area is 86.1 Å². The normalized spacial score (nSPS) is 29.9. The summed E-state index contributed by atoms with van der Waals surface area (Å²) < 4.78 is 0. The predicted molar refractivity (Wildman–Crippen MR) is 56.1 cm³/mol. The van der Waals surface area contributed by atoms with Crippen LogP contribution in [0.3, 0.4) is 0 Å². The Morgan fingerprint density at radius 2 is 2.21 bits per heavy atom. The van der Waals surface area contributed by atoms with Crippen molar-refractivity contribution >= 4 is 5.78 Å². The quantitative estimate of drug-likeness (QED) is 0.739. The minimum Gasteiger partial charge on any atom is -0.381 e. The van der Waals surface area contributed by atoms with Crippen molar-refractivity contribution in [3.63, 3.8) is 0 Å². The number of β-amino-alcohol motifs (C(OH)–C–C–N with tert-alkyl or cyclic N) is 1. The van der Waals surface area contributed by atoms with E-state index in [1.165, 1.54) is 0 Å². The van der Waals surface area contributed by atoms with E-state index in [-0.39, 0.29) is 5.78 Å². The van der Waals surface area contributed by atoms with Crippen molar-refractivity contribution in [1.29, 1.82) is 0 Å². The summed E-state index contributed by atoms with van der Waals surface area (Å²) in [6.07, 6.45) is 1.08. The third-order valence-corrected chi connectivity index (χ3v) is 2.85. The topological polar surface area (TPSA) is 40.5 Å². The number of Topliss-reactive ketones (excluding diaryl/α,β-unsaturated/α-hetero) is 1. The zero-order chi connectivity index (χ0) is 10.8. The largest absolute Gasteiger partial charge is 0.381 e. The number of ketones is 1. The molecule has 1 heterocycles. The zero-order valence-corrected chi connectivity index (χ0v) is 9.42. The van der Waals surface area contributed by atoms with Crippen LogP contribution in [-0.2, 0) is 4.79 Å². The van der Waals surface area contributed by atoms with E-state index in [1.54, 1.807) is 0 Å². The summed E-state index contributed by atoms with van der Waals surface area (Å²) in [5.41, 5.74) is -1.08. The molecule has 0 saturated carbocycles. The third-order valence-electron chi connectivity index (χ3n) is 2.85. The molecule has 1 unspecified atom stereocenters. The Hall–Kier alpha value is -0.410. The van der Waals surface area contributed by atoms with E-state index in [4.69, 9.17) is 0 Å². The van der Waals surface area contributed by atoms with Crippen molar-refractivity contribution in [1.82, 2.24) is 4.90 Å². The number of nitrogens with zero attached hydrogens (tertiary/aromatic N) is 1. The number of likely N-dealkylation sites (tertiary alicyclic amines) is 1. The van der Waals surface area contributed by atoms with E-state index in [0.717, 1.165) is 13.1 Å². The molecule has 1 aliphatic heterocycles. The second-order valence-electron chi connectivity index (χ2n) is 4.67. The molecule has 0 bridgehead atoms. The highest BCUT2D eigenvalue weighted by atomic mass is 16.3. The summed E-state index contributed by atoms with van der Waals surface area (Å²) in [6.45, 7) is 8.36. The standard InChI is InChI=1S/C11H21NO2/c1-4-12-6-5-10(13)11(14,8-12)7-9(2)3/h9,14H,4-8H2,1-3H3. The van der Waals surface area contributed by atoms with Gasteiger partial charge in [-0.2, -0.15) is 0 Å². The molecule has 0 spiro atoms. The molecule has 1 fully saturated rings. The molecule has 1 atom stereocenters. The summed E-state index contributed by atoms with van der Waals surface area (Å²) >= 11 is 0. The summed E-state index contributed by atoms with van der Waals surface area (Å²) in [7, 11) is 0. The first-order valence-electron chi connectivity index (χ1n) is 5.46. The minimum atomic E-state index is -1.08. The summed E-state index contributed by atoms with van der Waals surface area (Å²) in [4.78, 5) is 13.8. The highest BCUT2D eigenvalue weighted by Gasteiger charge is 2.40. The van der Waals surface area contributed by atoms with Gasteiger partial charge in [0, 0.05) is 19.5 Å². The van der Waals surface area contributed by atoms with Gasteiger partial charge < -0.3 is 5.11 Å². The van der Waals surface area contributed by atoms with Gasteiger partial charge in [0.25, 0.3) is 0 Å². The molecule has 0 amide bonds.